The Hall–Kier alpha value is -1.07. The monoisotopic (exact) mass is 316 g/mol. The fourth-order valence-electron chi connectivity index (χ4n) is 1.54. The molecule has 1 aromatic carbocycles. The summed E-state index contributed by atoms with van der Waals surface area (Å²) in [5.74, 6) is -0.207. The van der Waals surface area contributed by atoms with Crippen LogP contribution in [0.3, 0.4) is 0 Å². The van der Waals surface area contributed by atoms with Gasteiger partial charge in [0.25, 0.3) is 0 Å². The molecule has 0 aromatic heterocycles. The van der Waals surface area contributed by atoms with E-state index in [9.17, 15) is 4.79 Å². The summed E-state index contributed by atoms with van der Waals surface area (Å²) in [7, 11) is 1.45. The van der Waals surface area contributed by atoms with Crippen molar-refractivity contribution in [1.82, 2.24) is 0 Å². The van der Waals surface area contributed by atoms with Gasteiger partial charge in [0.1, 0.15) is 5.75 Å². The Labute approximate surface area is 115 Å². The van der Waals surface area contributed by atoms with Gasteiger partial charge in [-0.1, -0.05) is 29.8 Å². The van der Waals surface area contributed by atoms with E-state index in [2.05, 4.69) is 15.9 Å². The number of ether oxygens (including phenoxy) is 2. The van der Waals surface area contributed by atoms with Crippen molar-refractivity contribution < 1.29 is 19.4 Å². The van der Waals surface area contributed by atoms with Gasteiger partial charge in [-0.3, -0.25) is 0 Å². The van der Waals surface area contributed by atoms with E-state index >= 15 is 0 Å². The molecule has 0 spiro atoms. The molecule has 1 N–H and O–H groups in total. The van der Waals surface area contributed by atoms with Crippen LogP contribution < -0.4 is 4.74 Å². The van der Waals surface area contributed by atoms with E-state index in [0.29, 0.717) is 5.75 Å². The van der Waals surface area contributed by atoms with E-state index in [0.717, 1.165) is 10.0 Å². The van der Waals surface area contributed by atoms with Gasteiger partial charge < -0.3 is 14.6 Å². The lowest BCUT2D eigenvalue weighted by Gasteiger charge is -2.18. The topological polar surface area (TPSA) is 55.8 Å². The molecule has 100 valence electrons. The Balaban J connectivity index is 2.98. The predicted molar refractivity (Wildman–Crippen MR) is 72.2 cm³/mol. The van der Waals surface area contributed by atoms with Gasteiger partial charge in [-0.15, -0.1) is 0 Å². The summed E-state index contributed by atoms with van der Waals surface area (Å²) in [6, 6.07) is 5.53. The Bertz CT molecular complexity index is 417. The van der Waals surface area contributed by atoms with Crippen LogP contribution in [0.15, 0.2) is 22.7 Å². The Morgan fingerprint density at radius 2 is 2.11 bits per heavy atom. The van der Waals surface area contributed by atoms with Crippen LogP contribution in [-0.2, 0) is 9.53 Å². The second kappa shape index (κ2) is 6.75. The van der Waals surface area contributed by atoms with Crippen LogP contribution in [0.5, 0.6) is 5.75 Å². The first-order valence-corrected chi connectivity index (χ1v) is 6.42. The van der Waals surface area contributed by atoms with E-state index in [-0.39, 0.29) is 12.5 Å². The van der Waals surface area contributed by atoms with Crippen LogP contribution in [0.4, 0.5) is 0 Å². The summed E-state index contributed by atoms with van der Waals surface area (Å²) < 4.78 is 11.3. The van der Waals surface area contributed by atoms with Gasteiger partial charge in [0.15, 0.2) is 0 Å². The van der Waals surface area contributed by atoms with Gasteiger partial charge >= 0.3 is 5.97 Å². The lowest BCUT2D eigenvalue weighted by molar-refractivity contribution is -0.147. The normalized spacial score (nSPS) is 12.5. The van der Waals surface area contributed by atoms with Crippen molar-refractivity contribution in [2.24, 2.45) is 0 Å². The number of carbonyl (C=O) groups is 1. The van der Waals surface area contributed by atoms with E-state index in [1.54, 1.807) is 6.07 Å². The summed E-state index contributed by atoms with van der Waals surface area (Å²) in [4.78, 5) is 11.0. The fraction of sp³-hybridized carbons (Fsp3) is 0.462. The van der Waals surface area contributed by atoms with E-state index in [4.69, 9.17) is 14.6 Å². The first-order valence-electron chi connectivity index (χ1n) is 5.63. The summed E-state index contributed by atoms with van der Waals surface area (Å²) in [5.41, 5.74) is 0.965. The highest BCUT2D eigenvalue weighted by Crippen LogP contribution is 2.30. The molecule has 0 radical (unpaired) electrons. The zero-order chi connectivity index (χ0) is 13.7. The summed E-state index contributed by atoms with van der Waals surface area (Å²) in [5, 5.41) is 9.04. The minimum absolute atomic E-state index is 0.0168. The maximum atomic E-state index is 11.0. The van der Waals surface area contributed by atoms with Crippen molar-refractivity contribution in [2.75, 3.05) is 13.7 Å². The molecule has 0 bridgehead atoms. The standard InChI is InChI=1S/C13H17BrO4/c1-8(2)10-6-9(14)4-5-11(10)18-12(7-17-3)13(15)16/h4-6,8,12H,7H2,1-3H3,(H,15,16). The first kappa shape index (κ1) is 15.0. The van der Waals surface area contributed by atoms with Crippen LogP contribution in [0, 0.1) is 0 Å². The van der Waals surface area contributed by atoms with Gasteiger partial charge in [0, 0.05) is 11.6 Å². The highest BCUT2D eigenvalue weighted by Gasteiger charge is 2.21. The zero-order valence-corrected chi connectivity index (χ0v) is 12.2. The molecule has 4 nitrogen and oxygen atoms in total. The Morgan fingerprint density at radius 3 is 2.61 bits per heavy atom. The zero-order valence-electron chi connectivity index (χ0n) is 10.6. The average Bonchev–Trinajstić information content (AvgIpc) is 2.30. The predicted octanol–water partition coefficient (Wildman–Crippen LogP) is 3.05. The van der Waals surface area contributed by atoms with Crippen LogP contribution in [0.1, 0.15) is 25.3 Å². The molecule has 1 aromatic rings. The number of methoxy groups -OCH3 is 1. The summed E-state index contributed by atoms with van der Waals surface area (Å²) in [6.45, 7) is 4.07. The van der Waals surface area contributed by atoms with Crippen molar-refractivity contribution in [1.29, 1.82) is 0 Å². The highest BCUT2D eigenvalue weighted by atomic mass is 79.9. The second-order valence-electron chi connectivity index (χ2n) is 4.24. The van der Waals surface area contributed by atoms with Crippen LogP contribution in [0.2, 0.25) is 0 Å². The third kappa shape index (κ3) is 3.99. The van der Waals surface area contributed by atoms with Gasteiger partial charge in [0.05, 0.1) is 6.61 Å². The lowest BCUT2D eigenvalue weighted by atomic mass is 10.0. The van der Waals surface area contributed by atoms with Crippen molar-refractivity contribution >= 4 is 21.9 Å². The quantitative estimate of drug-likeness (QED) is 0.876. The van der Waals surface area contributed by atoms with E-state index in [1.807, 2.05) is 26.0 Å². The van der Waals surface area contributed by atoms with E-state index in [1.165, 1.54) is 7.11 Å². The molecule has 0 heterocycles. The number of benzene rings is 1. The molecular formula is C13H17BrO4. The van der Waals surface area contributed by atoms with Gasteiger partial charge in [-0.2, -0.15) is 0 Å². The molecule has 0 saturated heterocycles. The Morgan fingerprint density at radius 1 is 1.44 bits per heavy atom. The molecule has 0 aliphatic heterocycles. The number of halogens is 1. The van der Waals surface area contributed by atoms with E-state index < -0.39 is 12.1 Å². The van der Waals surface area contributed by atoms with Crippen molar-refractivity contribution in [2.45, 2.75) is 25.9 Å². The summed E-state index contributed by atoms with van der Waals surface area (Å²) in [6.07, 6.45) is -0.992. The fourth-order valence-corrected chi connectivity index (χ4v) is 1.92. The number of hydrogen-bond acceptors (Lipinski definition) is 3. The average molecular weight is 317 g/mol. The Kier molecular flexibility index (Phi) is 5.62. The number of carboxylic acids is 1. The largest absolute Gasteiger partial charge is 0.478 e. The molecule has 5 heteroatoms. The molecular weight excluding hydrogens is 300 g/mol. The molecule has 0 aliphatic carbocycles. The number of rotatable bonds is 6. The number of carboxylic acid groups (broad SMARTS) is 1. The molecule has 1 atom stereocenters. The van der Waals surface area contributed by atoms with Crippen molar-refractivity contribution in [3.8, 4) is 5.75 Å². The van der Waals surface area contributed by atoms with Crippen LogP contribution in [0.25, 0.3) is 0 Å². The SMILES string of the molecule is COCC(Oc1ccc(Br)cc1C(C)C)C(=O)O. The number of hydrogen-bond donors (Lipinski definition) is 1. The third-order valence-corrected chi connectivity index (χ3v) is 2.95. The maximum Gasteiger partial charge on any atom is 0.347 e. The first-order chi connectivity index (χ1) is 8.45. The van der Waals surface area contributed by atoms with Crippen LogP contribution >= 0.6 is 15.9 Å². The molecule has 0 aliphatic rings. The maximum absolute atomic E-state index is 11.0. The van der Waals surface area contributed by atoms with Gasteiger partial charge in [0.2, 0.25) is 6.10 Å². The third-order valence-electron chi connectivity index (χ3n) is 2.46. The molecule has 0 fully saturated rings. The molecule has 18 heavy (non-hydrogen) atoms. The van der Waals surface area contributed by atoms with Crippen molar-refractivity contribution in [3.63, 3.8) is 0 Å². The number of aliphatic carboxylic acids is 1. The lowest BCUT2D eigenvalue weighted by Crippen LogP contribution is -2.32. The van der Waals surface area contributed by atoms with Gasteiger partial charge in [-0.25, -0.2) is 4.79 Å². The van der Waals surface area contributed by atoms with Crippen LogP contribution in [-0.4, -0.2) is 30.9 Å². The molecule has 0 amide bonds. The molecule has 1 rings (SSSR count). The van der Waals surface area contributed by atoms with Crippen molar-refractivity contribution in [3.05, 3.63) is 28.2 Å². The summed E-state index contributed by atoms with van der Waals surface area (Å²) >= 11 is 3.39. The molecule has 0 saturated carbocycles. The van der Waals surface area contributed by atoms with Gasteiger partial charge in [-0.05, 0) is 29.7 Å². The highest BCUT2D eigenvalue weighted by molar-refractivity contribution is 9.10. The second-order valence-corrected chi connectivity index (χ2v) is 5.15. The minimum atomic E-state index is -1.03. The molecule has 1 unspecified atom stereocenters. The smallest absolute Gasteiger partial charge is 0.347 e. The minimum Gasteiger partial charge on any atom is -0.478 e.